The summed E-state index contributed by atoms with van der Waals surface area (Å²) in [6.45, 7) is 4.85. The van der Waals surface area contributed by atoms with Gasteiger partial charge in [0, 0.05) is 23.9 Å². The molecule has 0 saturated carbocycles. The summed E-state index contributed by atoms with van der Waals surface area (Å²) < 4.78 is 10.9. The average molecular weight is 368 g/mol. The summed E-state index contributed by atoms with van der Waals surface area (Å²) in [5.41, 5.74) is 1.47. The quantitative estimate of drug-likeness (QED) is 0.666. The van der Waals surface area contributed by atoms with E-state index in [-0.39, 0.29) is 18.4 Å². The number of rotatable bonds is 9. The van der Waals surface area contributed by atoms with Crippen molar-refractivity contribution in [1.82, 2.24) is 5.32 Å². The Labute approximate surface area is 159 Å². The van der Waals surface area contributed by atoms with Gasteiger partial charge in [0.15, 0.2) is 6.61 Å². The van der Waals surface area contributed by atoms with Gasteiger partial charge in [0.2, 0.25) is 5.91 Å². The fraction of sp³-hybridized carbons (Fsp3) is 0.238. The van der Waals surface area contributed by atoms with Crippen LogP contribution in [0.1, 0.15) is 19.4 Å². The molecule has 0 heterocycles. The lowest BCUT2D eigenvalue weighted by Crippen LogP contribution is -2.28. The fourth-order valence-electron chi connectivity index (χ4n) is 2.29. The minimum atomic E-state index is -0.253. The smallest absolute Gasteiger partial charge is 0.257 e. The number of likely N-dealkylation sites (N-methyl/N-ethyl adjacent to an activating group) is 1. The van der Waals surface area contributed by atoms with Crippen LogP contribution in [0.3, 0.4) is 0 Å². The summed E-state index contributed by atoms with van der Waals surface area (Å²) in [6.07, 6.45) is 3.17. The topological polar surface area (TPSA) is 76.7 Å². The van der Waals surface area contributed by atoms with Gasteiger partial charge in [-0.3, -0.25) is 9.59 Å². The number of hydrogen-bond donors (Lipinski definition) is 2. The molecule has 0 unspecified atom stereocenters. The van der Waals surface area contributed by atoms with Crippen molar-refractivity contribution in [3.05, 3.63) is 60.2 Å². The first kappa shape index (κ1) is 20.0. The first-order valence-electron chi connectivity index (χ1n) is 8.82. The summed E-state index contributed by atoms with van der Waals surface area (Å²) in [7, 11) is 0. The molecule has 27 heavy (non-hydrogen) atoms. The van der Waals surface area contributed by atoms with E-state index in [2.05, 4.69) is 10.6 Å². The normalized spacial score (nSPS) is 10.4. The second-order valence-electron chi connectivity index (χ2n) is 5.56. The van der Waals surface area contributed by atoms with Gasteiger partial charge in [0.1, 0.15) is 11.5 Å². The van der Waals surface area contributed by atoms with Crippen LogP contribution in [0.25, 0.3) is 6.08 Å². The Hall–Kier alpha value is -3.28. The minimum absolute atomic E-state index is 0.0402. The lowest BCUT2D eigenvalue weighted by Gasteiger charge is -2.08. The highest BCUT2D eigenvalue weighted by Crippen LogP contribution is 2.20. The Morgan fingerprint density at radius 3 is 2.44 bits per heavy atom. The van der Waals surface area contributed by atoms with Gasteiger partial charge in [-0.2, -0.15) is 0 Å². The minimum Gasteiger partial charge on any atom is -0.493 e. The van der Waals surface area contributed by atoms with Gasteiger partial charge in [0.05, 0.1) is 6.61 Å². The molecule has 2 aromatic rings. The highest BCUT2D eigenvalue weighted by molar-refractivity contribution is 6.02. The van der Waals surface area contributed by atoms with Crippen molar-refractivity contribution in [3.63, 3.8) is 0 Å². The molecule has 0 aliphatic heterocycles. The van der Waals surface area contributed by atoms with Crippen LogP contribution < -0.4 is 20.1 Å². The zero-order valence-electron chi connectivity index (χ0n) is 15.5. The van der Waals surface area contributed by atoms with E-state index in [9.17, 15) is 9.59 Å². The van der Waals surface area contributed by atoms with Gasteiger partial charge in [-0.05, 0) is 50.3 Å². The van der Waals surface area contributed by atoms with E-state index in [1.54, 1.807) is 30.3 Å². The van der Waals surface area contributed by atoms with E-state index in [1.165, 1.54) is 6.08 Å². The van der Waals surface area contributed by atoms with Crippen LogP contribution in [0.2, 0.25) is 0 Å². The molecule has 6 nitrogen and oxygen atoms in total. The van der Waals surface area contributed by atoms with Crippen molar-refractivity contribution >= 4 is 23.6 Å². The Morgan fingerprint density at radius 2 is 1.74 bits per heavy atom. The lowest BCUT2D eigenvalue weighted by molar-refractivity contribution is -0.123. The summed E-state index contributed by atoms with van der Waals surface area (Å²) in [5.74, 6) is 0.864. The van der Waals surface area contributed by atoms with Crippen molar-refractivity contribution in [2.45, 2.75) is 13.8 Å². The van der Waals surface area contributed by atoms with Crippen molar-refractivity contribution in [1.29, 1.82) is 0 Å². The molecule has 0 saturated heterocycles. The third-order valence-corrected chi connectivity index (χ3v) is 3.50. The first-order chi connectivity index (χ1) is 13.1. The zero-order chi connectivity index (χ0) is 19.5. The summed E-state index contributed by atoms with van der Waals surface area (Å²) in [6, 6.07) is 14.3. The number of ether oxygens (including phenoxy) is 2. The van der Waals surface area contributed by atoms with Crippen molar-refractivity contribution < 1.29 is 19.1 Å². The summed E-state index contributed by atoms with van der Waals surface area (Å²) in [4.78, 5) is 23.5. The van der Waals surface area contributed by atoms with E-state index in [4.69, 9.17) is 9.47 Å². The standard InChI is InChI=1S/C21H24N2O4/c1-3-22-21(25)15-27-18-12-10-17(11-13-18)23-20(24)14-9-16-7-5-6-8-19(16)26-4-2/h5-14H,3-4,15H2,1-2H3,(H,22,25)(H,23,24)/b14-9+. The molecule has 2 amide bonds. The number of amides is 2. The molecule has 0 aliphatic carbocycles. The molecule has 0 spiro atoms. The number of carbonyl (C=O) groups excluding carboxylic acids is 2. The van der Waals surface area contributed by atoms with Crippen LogP contribution in [0.4, 0.5) is 5.69 Å². The first-order valence-corrected chi connectivity index (χ1v) is 8.82. The third kappa shape index (κ3) is 6.86. The second-order valence-corrected chi connectivity index (χ2v) is 5.56. The van der Waals surface area contributed by atoms with Crippen molar-refractivity contribution in [3.8, 4) is 11.5 Å². The molecule has 2 rings (SSSR count). The number of benzene rings is 2. The van der Waals surface area contributed by atoms with Crippen LogP contribution in [0.5, 0.6) is 11.5 Å². The molecular formula is C21H24N2O4. The number of hydrogen-bond acceptors (Lipinski definition) is 4. The van der Waals surface area contributed by atoms with Crippen molar-refractivity contribution in [2.75, 3.05) is 25.1 Å². The number of carbonyl (C=O) groups is 2. The van der Waals surface area contributed by atoms with Gasteiger partial charge in [-0.15, -0.1) is 0 Å². The highest BCUT2D eigenvalue weighted by atomic mass is 16.5. The fourth-order valence-corrected chi connectivity index (χ4v) is 2.29. The van der Waals surface area contributed by atoms with Gasteiger partial charge in [-0.1, -0.05) is 18.2 Å². The van der Waals surface area contributed by atoms with Gasteiger partial charge in [0.25, 0.3) is 5.91 Å². The van der Waals surface area contributed by atoms with E-state index in [0.717, 1.165) is 11.3 Å². The Balaban J connectivity index is 1.89. The molecule has 0 fully saturated rings. The predicted octanol–water partition coefficient (Wildman–Crippen LogP) is 3.25. The molecule has 0 radical (unpaired) electrons. The van der Waals surface area contributed by atoms with Crippen molar-refractivity contribution in [2.24, 2.45) is 0 Å². The molecule has 0 aliphatic rings. The van der Waals surface area contributed by atoms with Gasteiger partial charge in [-0.25, -0.2) is 0 Å². The number of para-hydroxylation sites is 1. The average Bonchev–Trinajstić information content (AvgIpc) is 2.67. The van der Waals surface area contributed by atoms with Gasteiger partial charge < -0.3 is 20.1 Å². The molecular weight excluding hydrogens is 344 g/mol. The molecule has 2 aromatic carbocycles. The summed E-state index contributed by atoms with van der Waals surface area (Å²) >= 11 is 0. The van der Waals surface area contributed by atoms with Crippen LogP contribution in [0, 0.1) is 0 Å². The molecule has 142 valence electrons. The zero-order valence-corrected chi connectivity index (χ0v) is 15.5. The van der Waals surface area contributed by atoms with E-state index in [1.807, 2.05) is 38.1 Å². The molecule has 6 heteroatoms. The van der Waals surface area contributed by atoms with E-state index < -0.39 is 0 Å². The van der Waals surface area contributed by atoms with E-state index in [0.29, 0.717) is 24.6 Å². The monoisotopic (exact) mass is 368 g/mol. The molecule has 0 aromatic heterocycles. The maximum Gasteiger partial charge on any atom is 0.257 e. The second kappa shape index (κ2) is 10.7. The maximum absolute atomic E-state index is 12.1. The number of anilines is 1. The van der Waals surface area contributed by atoms with Crippen LogP contribution in [-0.2, 0) is 9.59 Å². The largest absolute Gasteiger partial charge is 0.493 e. The van der Waals surface area contributed by atoms with Crippen LogP contribution in [-0.4, -0.2) is 31.6 Å². The number of nitrogens with one attached hydrogen (secondary N) is 2. The predicted molar refractivity (Wildman–Crippen MR) is 106 cm³/mol. The SMILES string of the molecule is CCNC(=O)COc1ccc(NC(=O)/C=C/c2ccccc2OCC)cc1. The van der Waals surface area contributed by atoms with E-state index >= 15 is 0 Å². The Kier molecular flexibility index (Phi) is 7.91. The van der Waals surface area contributed by atoms with Crippen LogP contribution in [0.15, 0.2) is 54.6 Å². The Bertz CT molecular complexity index is 785. The lowest BCUT2D eigenvalue weighted by atomic mass is 10.2. The Morgan fingerprint density at radius 1 is 1.00 bits per heavy atom. The third-order valence-electron chi connectivity index (χ3n) is 3.50. The van der Waals surface area contributed by atoms with Gasteiger partial charge >= 0.3 is 0 Å². The molecule has 2 N–H and O–H groups in total. The maximum atomic E-state index is 12.1. The molecule has 0 bridgehead atoms. The summed E-state index contributed by atoms with van der Waals surface area (Å²) in [5, 5.41) is 5.43. The van der Waals surface area contributed by atoms with Crippen LogP contribution >= 0.6 is 0 Å². The molecule has 0 atom stereocenters. The highest BCUT2D eigenvalue weighted by Gasteiger charge is 2.03.